The van der Waals surface area contributed by atoms with E-state index in [2.05, 4.69) is 22.6 Å². The molecule has 4 aliphatic rings. The van der Waals surface area contributed by atoms with Gasteiger partial charge in [0.2, 0.25) is 0 Å². The molecule has 21 heavy (non-hydrogen) atoms. The molecule has 2 aliphatic heterocycles. The number of methoxy groups -OCH3 is 1. The molecular weight excluding hydrogens is 387 g/mol. The molecule has 5 nitrogen and oxygen atoms in total. The number of fused-ring (bicyclic) bond motifs is 1. The first-order valence-corrected chi connectivity index (χ1v) is 9.28. The highest BCUT2D eigenvalue weighted by molar-refractivity contribution is 14.1. The van der Waals surface area contributed by atoms with E-state index in [0.717, 1.165) is 38.5 Å². The first-order valence-electron chi connectivity index (χ1n) is 8.04. The minimum atomic E-state index is -0.457. The molecule has 4 rings (SSSR count). The van der Waals surface area contributed by atoms with Crippen molar-refractivity contribution in [2.45, 2.75) is 85.5 Å². The van der Waals surface area contributed by atoms with Crippen LogP contribution in [0.1, 0.15) is 51.4 Å². The molecular formula is C15H23IO5. The normalized spacial score (nSPS) is 43.7. The van der Waals surface area contributed by atoms with Crippen LogP contribution in [0.4, 0.5) is 0 Å². The van der Waals surface area contributed by atoms with Crippen molar-refractivity contribution in [1.82, 2.24) is 0 Å². The molecule has 2 heterocycles. The van der Waals surface area contributed by atoms with Gasteiger partial charge in [0.1, 0.15) is 16.3 Å². The number of halogens is 1. The summed E-state index contributed by atoms with van der Waals surface area (Å²) in [6.07, 6.45) is 7.96. The van der Waals surface area contributed by atoms with Gasteiger partial charge >= 0.3 is 0 Å². The summed E-state index contributed by atoms with van der Waals surface area (Å²) in [7, 11) is 1.74. The molecule has 0 amide bonds. The van der Waals surface area contributed by atoms with Crippen LogP contribution in [0.15, 0.2) is 0 Å². The van der Waals surface area contributed by atoms with Crippen LogP contribution in [0.3, 0.4) is 0 Å². The van der Waals surface area contributed by atoms with Gasteiger partial charge < -0.3 is 23.7 Å². The maximum absolute atomic E-state index is 6.38. The molecule has 1 unspecified atom stereocenters. The lowest BCUT2D eigenvalue weighted by Gasteiger charge is -2.34. The lowest BCUT2D eigenvalue weighted by molar-refractivity contribution is -0.271. The van der Waals surface area contributed by atoms with Gasteiger partial charge in [-0.05, 0) is 48.3 Å². The zero-order chi connectivity index (χ0) is 14.5. The summed E-state index contributed by atoms with van der Waals surface area (Å²) >= 11 is 2.28. The highest BCUT2D eigenvalue weighted by atomic mass is 127. The first-order chi connectivity index (χ1) is 10.2. The van der Waals surface area contributed by atoms with E-state index in [1.807, 2.05) is 0 Å². The van der Waals surface area contributed by atoms with E-state index in [9.17, 15) is 0 Å². The summed E-state index contributed by atoms with van der Waals surface area (Å²) < 4.78 is 30.3. The van der Waals surface area contributed by atoms with E-state index in [1.165, 1.54) is 12.8 Å². The maximum Gasteiger partial charge on any atom is 0.191 e. The highest BCUT2D eigenvalue weighted by Gasteiger charge is 2.60. The summed E-state index contributed by atoms with van der Waals surface area (Å²) in [5.74, 6) is -0.870. The van der Waals surface area contributed by atoms with Crippen LogP contribution in [0, 0.1) is 0 Å². The Hall–Kier alpha value is 0.530. The van der Waals surface area contributed by atoms with Crippen molar-refractivity contribution in [3.05, 3.63) is 0 Å². The molecule has 120 valence electrons. The fourth-order valence-corrected chi connectivity index (χ4v) is 4.94. The van der Waals surface area contributed by atoms with Crippen molar-refractivity contribution in [1.29, 1.82) is 0 Å². The fraction of sp³-hybridized carbons (Fsp3) is 1.00. The average molecular weight is 410 g/mol. The van der Waals surface area contributed by atoms with E-state index < -0.39 is 11.6 Å². The molecule has 0 radical (unpaired) electrons. The second-order valence-electron chi connectivity index (χ2n) is 6.58. The molecule has 4 atom stereocenters. The maximum atomic E-state index is 6.38. The SMILES string of the molecule is COC1(O[C@@H]2C(I)O[C@H]3OC4(CCCC4)O[C@H]32)CCCC1. The Morgan fingerprint density at radius 1 is 1.00 bits per heavy atom. The van der Waals surface area contributed by atoms with E-state index in [4.69, 9.17) is 23.7 Å². The first kappa shape index (κ1) is 15.1. The van der Waals surface area contributed by atoms with Crippen molar-refractivity contribution in [3.8, 4) is 0 Å². The van der Waals surface area contributed by atoms with Gasteiger partial charge in [0.15, 0.2) is 17.9 Å². The van der Waals surface area contributed by atoms with Gasteiger partial charge in [-0.3, -0.25) is 0 Å². The summed E-state index contributed by atoms with van der Waals surface area (Å²) in [5.41, 5.74) is 0. The van der Waals surface area contributed by atoms with Crippen LogP contribution in [0.2, 0.25) is 0 Å². The van der Waals surface area contributed by atoms with Crippen LogP contribution in [-0.4, -0.2) is 41.3 Å². The third-order valence-electron chi connectivity index (χ3n) is 5.25. The largest absolute Gasteiger partial charge is 0.353 e. The van der Waals surface area contributed by atoms with E-state index in [1.54, 1.807) is 7.11 Å². The monoisotopic (exact) mass is 410 g/mol. The van der Waals surface area contributed by atoms with Crippen molar-refractivity contribution in [3.63, 3.8) is 0 Å². The average Bonchev–Trinajstić information content (AvgIpc) is 3.22. The predicted octanol–water partition coefficient (Wildman–Crippen LogP) is 3.09. The van der Waals surface area contributed by atoms with Crippen LogP contribution in [0.25, 0.3) is 0 Å². The van der Waals surface area contributed by atoms with Crippen molar-refractivity contribution < 1.29 is 23.7 Å². The zero-order valence-electron chi connectivity index (χ0n) is 12.4. The van der Waals surface area contributed by atoms with Crippen molar-refractivity contribution >= 4 is 22.6 Å². The minimum Gasteiger partial charge on any atom is -0.353 e. The van der Waals surface area contributed by atoms with E-state index in [-0.39, 0.29) is 22.6 Å². The number of hydrogen-bond donors (Lipinski definition) is 0. The molecule has 0 aromatic rings. The van der Waals surface area contributed by atoms with Gasteiger partial charge in [0.05, 0.1) is 0 Å². The van der Waals surface area contributed by atoms with Crippen LogP contribution >= 0.6 is 22.6 Å². The van der Waals surface area contributed by atoms with Gasteiger partial charge in [0, 0.05) is 32.8 Å². The molecule has 2 saturated carbocycles. The second-order valence-corrected chi connectivity index (χ2v) is 7.81. The molecule has 2 saturated heterocycles. The van der Waals surface area contributed by atoms with Gasteiger partial charge in [-0.15, -0.1) is 0 Å². The van der Waals surface area contributed by atoms with Crippen molar-refractivity contribution in [2.75, 3.05) is 7.11 Å². The van der Waals surface area contributed by atoms with Crippen LogP contribution in [0.5, 0.6) is 0 Å². The summed E-state index contributed by atoms with van der Waals surface area (Å²) in [4.78, 5) is 0. The minimum absolute atomic E-state index is 0.0519. The molecule has 2 aliphatic carbocycles. The number of rotatable bonds is 3. The Morgan fingerprint density at radius 2 is 1.67 bits per heavy atom. The summed E-state index contributed by atoms with van der Waals surface area (Å²) in [6, 6.07) is 0. The number of ether oxygens (including phenoxy) is 5. The summed E-state index contributed by atoms with van der Waals surface area (Å²) in [6.45, 7) is 0. The number of hydrogen-bond acceptors (Lipinski definition) is 5. The molecule has 0 aromatic carbocycles. The fourth-order valence-electron chi connectivity index (χ4n) is 4.09. The quantitative estimate of drug-likeness (QED) is 0.407. The standard InChI is InChI=1S/C15H23IO5/c1-17-14(6-2-3-7-14)19-10-11-13(18-12(10)16)21-15(20-11)8-4-5-9-15/h10-13H,2-9H2,1H3/t10-,11-,12?,13-/m0/s1. The third kappa shape index (κ3) is 2.55. The smallest absolute Gasteiger partial charge is 0.191 e. The topological polar surface area (TPSA) is 46.2 Å². The van der Waals surface area contributed by atoms with Crippen LogP contribution in [-0.2, 0) is 23.7 Å². The van der Waals surface area contributed by atoms with Gasteiger partial charge in [-0.25, -0.2) is 0 Å². The Balaban J connectivity index is 1.49. The predicted molar refractivity (Wildman–Crippen MR) is 82.9 cm³/mol. The van der Waals surface area contributed by atoms with Crippen molar-refractivity contribution in [2.24, 2.45) is 0 Å². The zero-order valence-corrected chi connectivity index (χ0v) is 14.5. The second kappa shape index (κ2) is 5.56. The third-order valence-corrected chi connectivity index (χ3v) is 6.25. The molecule has 0 bridgehead atoms. The Morgan fingerprint density at radius 3 is 2.33 bits per heavy atom. The van der Waals surface area contributed by atoms with Gasteiger partial charge in [0.25, 0.3) is 0 Å². The van der Waals surface area contributed by atoms with Gasteiger partial charge in [-0.2, -0.15) is 0 Å². The lowest BCUT2D eigenvalue weighted by atomic mass is 10.2. The Kier molecular flexibility index (Phi) is 3.99. The summed E-state index contributed by atoms with van der Waals surface area (Å²) in [5, 5.41) is 0. The number of alkyl halides is 1. The Bertz CT molecular complexity index is 392. The molecule has 4 fully saturated rings. The molecule has 1 spiro atoms. The van der Waals surface area contributed by atoms with E-state index >= 15 is 0 Å². The molecule has 0 N–H and O–H groups in total. The highest BCUT2D eigenvalue weighted by Crippen LogP contribution is 2.49. The molecule has 6 heteroatoms. The van der Waals surface area contributed by atoms with Crippen LogP contribution < -0.4 is 0 Å². The Labute approximate surface area is 139 Å². The lowest BCUT2D eigenvalue weighted by Crippen LogP contribution is -2.44. The molecule has 0 aromatic heterocycles. The van der Waals surface area contributed by atoms with Gasteiger partial charge in [-0.1, -0.05) is 0 Å². The van der Waals surface area contributed by atoms with E-state index in [0.29, 0.717) is 0 Å².